The number of halogens is 1. The Hall–Kier alpha value is -1.76. The molecule has 0 spiro atoms. The summed E-state index contributed by atoms with van der Waals surface area (Å²) in [5, 5.41) is 14.9. The second-order valence-electron chi connectivity index (χ2n) is 13.0. The van der Waals surface area contributed by atoms with Gasteiger partial charge in [-0.15, -0.1) is 0 Å². The molecule has 1 aromatic rings. The first-order valence-corrected chi connectivity index (χ1v) is 13.9. The highest BCUT2D eigenvalue weighted by atomic mass is 19.1. The summed E-state index contributed by atoms with van der Waals surface area (Å²) in [5.74, 6) is 0.980. The zero-order chi connectivity index (χ0) is 24.6. The van der Waals surface area contributed by atoms with Crippen molar-refractivity contribution in [2.45, 2.75) is 95.9 Å². The third kappa shape index (κ3) is 3.70. The van der Waals surface area contributed by atoms with Gasteiger partial charge in [0, 0.05) is 25.2 Å². The summed E-state index contributed by atoms with van der Waals surface area (Å²) in [6.45, 7) is 5.96. The van der Waals surface area contributed by atoms with Gasteiger partial charge in [-0.25, -0.2) is 4.39 Å². The lowest BCUT2D eigenvalue weighted by Gasteiger charge is -2.59. The van der Waals surface area contributed by atoms with Gasteiger partial charge in [0.15, 0.2) is 5.78 Å². The predicted octanol–water partition coefficient (Wildman–Crippen LogP) is 4.41. The molecule has 1 aliphatic heterocycles. The van der Waals surface area contributed by atoms with Crippen molar-refractivity contribution in [3.8, 4) is 0 Å². The monoisotopic (exact) mass is 485 g/mol. The lowest BCUT2D eigenvalue weighted by molar-refractivity contribution is -0.166. The van der Waals surface area contributed by atoms with Crippen molar-refractivity contribution >= 4 is 11.7 Å². The Morgan fingerprint density at radius 3 is 2.63 bits per heavy atom. The number of hydrogen-bond donors (Lipinski definition) is 1. The molecule has 5 aliphatic rings. The molecule has 1 amide bonds. The molecule has 35 heavy (non-hydrogen) atoms. The van der Waals surface area contributed by atoms with E-state index in [2.05, 4.69) is 12.0 Å². The number of likely N-dealkylation sites (tertiary alicyclic amines) is 1. The van der Waals surface area contributed by atoms with Crippen LogP contribution in [-0.2, 0) is 11.3 Å². The molecular weight excluding hydrogens is 445 g/mol. The number of carbonyl (C=O) groups is 2. The van der Waals surface area contributed by atoms with Gasteiger partial charge < -0.3 is 10.0 Å². The van der Waals surface area contributed by atoms with Crippen LogP contribution < -0.4 is 0 Å². The third-order valence-electron chi connectivity index (χ3n) is 11.0. The molecule has 0 aromatic carbocycles. The maximum atomic E-state index is 16.6. The first-order valence-electron chi connectivity index (χ1n) is 13.9. The van der Waals surface area contributed by atoms with E-state index in [0.717, 1.165) is 58.0 Å². The molecule has 1 N–H and O–H groups in total. The Kier molecular flexibility index (Phi) is 5.48. The fraction of sp³-hybridized carbons (Fsp3) is 0.821. The lowest BCUT2D eigenvalue weighted by atomic mass is 9.48. The maximum absolute atomic E-state index is 16.6. The Balaban J connectivity index is 1.15. The van der Waals surface area contributed by atoms with Gasteiger partial charge in [0.2, 0.25) is 0 Å². The van der Waals surface area contributed by atoms with Gasteiger partial charge in [-0.2, -0.15) is 5.10 Å². The number of nitrogens with zero attached hydrogens (tertiary/aromatic N) is 3. The van der Waals surface area contributed by atoms with Crippen molar-refractivity contribution in [1.82, 2.24) is 14.7 Å². The highest BCUT2D eigenvalue weighted by Crippen LogP contribution is 2.66. The number of rotatable bonds is 4. The van der Waals surface area contributed by atoms with Crippen molar-refractivity contribution in [3.63, 3.8) is 0 Å². The highest BCUT2D eigenvalue weighted by Gasteiger charge is 2.63. The van der Waals surface area contributed by atoms with Crippen LogP contribution in [0.15, 0.2) is 12.4 Å². The van der Waals surface area contributed by atoms with Gasteiger partial charge in [-0.3, -0.25) is 14.3 Å². The number of Topliss-reactive ketones (excluding diaryl/α,β-unsaturated/α-hetero) is 1. The van der Waals surface area contributed by atoms with Crippen LogP contribution in [0.2, 0.25) is 0 Å². The fourth-order valence-corrected chi connectivity index (χ4v) is 9.04. The van der Waals surface area contributed by atoms with Crippen molar-refractivity contribution in [2.75, 3.05) is 13.1 Å². The Morgan fingerprint density at radius 2 is 1.89 bits per heavy atom. The predicted molar refractivity (Wildman–Crippen MR) is 129 cm³/mol. The molecule has 1 unspecified atom stereocenters. The van der Waals surface area contributed by atoms with E-state index < -0.39 is 11.3 Å². The molecule has 5 fully saturated rings. The third-order valence-corrected chi connectivity index (χ3v) is 11.0. The number of alkyl halides is 1. The van der Waals surface area contributed by atoms with Crippen LogP contribution in [0.1, 0.15) is 88.4 Å². The minimum absolute atomic E-state index is 0.00106. The van der Waals surface area contributed by atoms with E-state index in [-0.39, 0.29) is 41.4 Å². The number of carbonyl (C=O) groups excluding carboxylic acids is 2. The normalized spacial score (nSPS) is 44.7. The van der Waals surface area contributed by atoms with E-state index >= 15 is 4.39 Å². The van der Waals surface area contributed by atoms with Crippen molar-refractivity contribution in [1.29, 1.82) is 0 Å². The van der Waals surface area contributed by atoms with E-state index in [4.69, 9.17) is 0 Å². The second kappa shape index (κ2) is 8.12. The van der Waals surface area contributed by atoms with Gasteiger partial charge >= 0.3 is 0 Å². The Morgan fingerprint density at radius 1 is 1.09 bits per heavy atom. The van der Waals surface area contributed by atoms with Gasteiger partial charge in [-0.1, -0.05) is 6.92 Å². The van der Waals surface area contributed by atoms with E-state index in [0.29, 0.717) is 36.7 Å². The largest absolute Gasteiger partial charge is 0.390 e. The molecule has 1 saturated heterocycles. The molecule has 1 aromatic heterocycles. The Bertz CT molecular complexity index is 1020. The molecule has 0 radical (unpaired) electrons. The van der Waals surface area contributed by atoms with Crippen LogP contribution in [0.25, 0.3) is 0 Å². The summed E-state index contributed by atoms with van der Waals surface area (Å²) in [6.07, 6.45) is 11.5. The van der Waals surface area contributed by atoms with E-state index in [1.54, 1.807) is 17.1 Å². The molecule has 6 nitrogen and oxygen atoms in total. The molecule has 2 heterocycles. The highest BCUT2D eigenvalue weighted by molar-refractivity contribution is 5.94. The average Bonchev–Trinajstić information content (AvgIpc) is 3.37. The molecule has 4 aliphatic carbocycles. The maximum Gasteiger partial charge on any atom is 0.257 e. The number of fused-ring (bicyclic) bond motifs is 5. The van der Waals surface area contributed by atoms with Gasteiger partial charge in [0.1, 0.15) is 5.67 Å². The van der Waals surface area contributed by atoms with Crippen LogP contribution in [0.3, 0.4) is 0 Å². The second-order valence-corrected chi connectivity index (χ2v) is 13.0. The smallest absolute Gasteiger partial charge is 0.257 e. The minimum Gasteiger partial charge on any atom is -0.390 e. The summed E-state index contributed by atoms with van der Waals surface area (Å²) < 4.78 is 18.2. The summed E-state index contributed by atoms with van der Waals surface area (Å²) >= 11 is 0. The topological polar surface area (TPSA) is 75.4 Å². The van der Waals surface area contributed by atoms with Gasteiger partial charge in [0.05, 0.1) is 23.9 Å². The Labute approximate surface area is 207 Å². The molecule has 8 atom stereocenters. The molecule has 7 heteroatoms. The van der Waals surface area contributed by atoms with Crippen molar-refractivity contribution in [2.24, 2.45) is 35.0 Å². The van der Waals surface area contributed by atoms with Crippen LogP contribution in [0.5, 0.6) is 0 Å². The quantitative estimate of drug-likeness (QED) is 0.686. The number of ketones is 1. The first kappa shape index (κ1) is 23.6. The number of aliphatic hydroxyl groups is 1. The SMILES string of the molecule is C[C@@]1(O)CC[C@@]2(F)[C@H](CC[C@H]3C4CC[C@H](C(=O)Cn5cc(C(=O)N6CCC6)cn5)[C@@]4(C)CC[C@@H]32)C1. The van der Waals surface area contributed by atoms with Gasteiger partial charge in [-0.05, 0) is 100 Å². The van der Waals surface area contributed by atoms with E-state index in [1.807, 2.05) is 11.8 Å². The van der Waals surface area contributed by atoms with Crippen molar-refractivity contribution in [3.05, 3.63) is 18.0 Å². The van der Waals surface area contributed by atoms with Crippen molar-refractivity contribution < 1.29 is 19.1 Å². The number of amides is 1. The van der Waals surface area contributed by atoms with Crippen LogP contribution in [-0.4, -0.2) is 55.8 Å². The van der Waals surface area contributed by atoms with E-state index in [1.165, 1.54) is 0 Å². The molecule has 6 rings (SSSR count). The lowest BCUT2D eigenvalue weighted by Crippen LogP contribution is -2.58. The average molecular weight is 486 g/mol. The fourth-order valence-electron chi connectivity index (χ4n) is 9.04. The summed E-state index contributed by atoms with van der Waals surface area (Å²) in [4.78, 5) is 27.8. The van der Waals surface area contributed by atoms with Crippen LogP contribution in [0.4, 0.5) is 4.39 Å². The summed E-state index contributed by atoms with van der Waals surface area (Å²) in [7, 11) is 0. The van der Waals surface area contributed by atoms with E-state index in [9.17, 15) is 14.7 Å². The number of aromatic nitrogens is 2. The number of hydrogen-bond acceptors (Lipinski definition) is 4. The molecule has 4 saturated carbocycles. The molecular formula is C28H40FN3O3. The van der Waals surface area contributed by atoms with Gasteiger partial charge in [0.25, 0.3) is 5.91 Å². The summed E-state index contributed by atoms with van der Waals surface area (Å²) in [5.41, 5.74) is -1.40. The first-order chi connectivity index (χ1) is 16.6. The summed E-state index contributed by atoms with van der Waals surface area (Å²) in [6, 6.07) is 0. The minimum atomic E-state index is -1.15. The zero-order valence-electron chi connectivity index (χ0n) is 21.2. The zero-order valence-corrected chi connectivity index (χ0v) is 21.2. The van der Waals surface area contributed by atoms with Crippen LogP contribution >= 0.6 is 0 Å². The molecule has 0 bridgehead atoms. The van der Waals surface area contributed by atoms with Crippen LogP contribution in [0, 0.1) is 35.0 Å². The standard InChI is InChI=1S/C28H40FN3O3/c1-26(35)10-11-28(29)19(14-26)4-5-20-21-6-7-23(27(21,2)9-8-22(20)28)24(33)17-32-16-18(15-30-32)25(34)31-12-3-13-31/h15-16,19-23,35H,3-14,17H2,1-2H3/t19-,20+,21?,22+,23-,26-,27+,28-/m1/s1. The molecule has 192 valence electrons.